The summed E-state index contributed by atoms with van der Waals surface area (Å²) in [5, 5.41) is 0. The van der Waals surface area contributed by atoms with E-state index in [1.54, 1.807) is 0 Å². The molecule has 0 aliphatic heterocycles. The minimum absolute atomic E-state index is 0. The summed E-state index contributed by atoms with van der Waals surface area (Å²) in [6.07, 6.45) is 22.5. The zero-order chi connectivity index (χ0) is 23.3. The number of hydrogen-bond acceptors (Lipinski definition) is 1. The van der Waals surface area contributed by atoms with Crippen LogP contribution in [0.4, 0.5) is 0 Å². The van der Waals surface area contributed by atoms with Crippen molar-refractivity contribution in [2.45, 2.75) is 117 Å². The van der Waals surface area contributed by atoms with Gasteiger partial charge in [-0.3, -0.25) is 0 Å². The molecule has 33 heavy (non-hydrogen) atoms. The Balaban J connectivity index is -0.00000450. The van der Waals surface area contributed by atoms with Crippen molar-refractivity contribution in [3.05, 3.63) is 0 Å². The molecule has 0 N–H and O–H groups in total. The Labute approximate surface area is 222 Å². The van der Waals surface area contributed by atoms with Crippen molar-refractivity contribution >= 4 is 0 Å². The fraction of sp³-hybridized carbons (Fsp3) is 1.00. The summed E-state index contributed by atoms with van der Waals surface area (Å²) in [7, 11) is 9.47. The molecule has 0 saturated carbocycles. The first-order valence-electron chi connectivity index (χ1n) is 14.0. The second-order valence-electron chi connectivity index (χ2n) is 11.3. The van der Waals surface area contributed by atoms with E-state index in [0.29, 0.717) is 0 Å². The second-order valence-corrected chi connectivity index (χ2v) is 11.3. The van der Waals surface area contributed by atoms with Crippen molar-refractivity contribution in [3.63, 3.8) is 0 Å². The Bertz CT molecular complexity index is 345. The lowest BCUT2D eigenvalue weighted by molar-refractivity contribution is -0.894. The van der Waals surface area contributed by atoms with Gasteiger partial charge in [-0.25, -0.2) is 0 Å². The number of hydrogen-bond donors (Lipinski definition) is 0. The molecule has 0 aliphatic rings. The number of rotatable bonds is 24. The summed E-state index contributed by atoms with van der Waals surface area (Å²) >= 11 is 0. The lowest BCUT2D eigenvalue weighted by Gasteiger charge is -2.31. The normalized spacial score (nSPS) is 11.8. The van der Waals surface area contributed by atoms with Gasteiger partial charge in [0.15, 0.2) is 0 Å². The summed E-state index contributed by atoms with van der Waals surface area (Å²) in [5.74, 6) is 0. The van der Waals surface area contributed by atoms with Crippen molar-refractivity contribution in [3.8, 4) is 0 Å². The van der Waals surface area contributed by atoms with Gasteiger partial charge in [0, 0.05) is 0 Å². The predicted octanol–water partition coefficient (Wildman–Crippen LogP) is 1.45. The van der Waals surface area contributed by atoms with Crippen LogP contribution in [0, 0.1) is 0 Å². The molecule has 0 aromatic heterocycles. The van der Waals surface area contributed by atoms with Crippen molar-refractivity contribution < 1.29 is 38.5 Å². The zero-order valence-corrected chi connectivity index (χ0v) is 25.1. The molecule has 0 aromatic rings. The fourth-order valence-electron chi connectivity index (χ4n) is 4.30. The third-order valence-electron chi connectivity index (χ3n) is 6.92. The lowest BCUT2D eigenvalue weighted by Crippen LogP contribution is -3.00. The summed E-state index contributed by atoms with van der Waals surface area (Å²) in [6.45, 7) is 11.3. The van der Waals surface area contributed by atoms with E-state index in [9.17, 15) is 0 Å². The first-order chi connectivity index (χ1) is 14.8. The van der Waals surface area contributed by atoms with E-state index >= 15 is 0 Å². The maximum atomic E-state index is 6.04. The topological polar surface area (TPSA) is 9.23 Å². The van der Waals surface area contributed by atoms with Crippen LogP contribution in [0.1, 0.15) is 117 Å². The first kappa shape index (κ1) is 38.0. The predicted molar refractivity (Wildman–Crippen MR) is 140 cm³/mol. The highest BCUT2D eigenvalue weighted by molar-refractivity contribution is 4.48. The number of nitrogens with zero attached hydrogens (tertiary/aromatic N) is 2. The summed E-state index contributed by atoms with van der Waals surface area (Å²) < 4.78 is 8.25. The molecule has 0 radical (unpaired) electrons. The standard InChI is InChI=1S/C28H62N2O.2ClH/c1-7-9-11-13-15-17-19-21-23-29(3,4)25-27-31-28-26-30(5,6)24-22-20-18-16-14-12-10-8-2;;/h7-28H2,1-6H3;2*1H/q+2;;/p-2. The van der Waals surface area contributed by atoms with Crippen LogP contribution in [-0.4, -0.2) is 76.5 Å². The van der Waals surface area contributed by atoms with Crippen molar-refractivity contribution in [2.24, 2.45) is 0 Å². The minimum Gasteiger partial charge on any atom is -1.00 e. The Morgan fingerprint density at radius 2 is 0.667 bits per heavy atom. The number of unbranched alkanes of at least 4 members (excludes halogenated alkanes) is 14. The molecule has 0 rings (SSSR count). The van der Waals surface area contributed by atoms with Crippen molar-refractivity contribution in [1.29, 1.82) is 0 Å². The third kappa shape index (κ3) is 28.6. The van der Waals surface area contributed by atoms with Gasteiger partial charge in [-0.1, -0.05) is 90.9 Å². The van der Waals surface area contributed by atoms with E-state index in [4.69, 9.17) is 4.74 Å². The van der Waals surface area contributed by atoms with Gasteiger partial charge in [0.1, 0.15) is 13.1 Å². The number of ether oxygens (including phenoxy) is 1. The molecule has 5 heteroatoms. The van der Waals surface area contributed by atoms with E-state index in [2.05, 4.69) is 42.0 Å². The van der Waals surface area contributed by atoms with Crippen LogP contribution in [0.25, 0.3) is 0 Å². The fourth-order valence-corrected chi connectivity index (χ4v) is 4.30. The quantitative estimate of drug-likeness (QED) is 0.140. The monoisotopic (exact) mass is 512 g/mol. The summed E-state index contributed by atoms with van der Waals surface area (Å²) in [5.41, 5.74) is 0. The van der Waals surface area contributed by atoms with Gasteiger partial charge in [0.25, 0.3) is 0 Å². The SMILES string of the molecule is CCCCCCCCCC[N+](C)(C)CCOCC[N+](C)(C)CCCCCCCCCC.[Cl-].[Cl-]. The molecule has 0 unspecified atom stereocenters. The van der Waals surface area contributed by atoms with Crippen LogP contribution in [0.5, 0.6) is 0 Å². The molecule has 0 atom stereocenters. The van der Waals surface area contributed by atoms with Crippen LogP contribution < -0.4 is 24.8 Å². The molecule has 0 heterocycles. The van der Waals surface area contributed by atoms with Crippen molar-refractivity contribution in [1.82, 2.24) is 0 Å². The average Bonchev–Trinajstić information content (AvgIpc) is 2.71. The summed E-state index contributed by atoms with van der Waals surface area (Å²) in [4.78, 5) is 0. The maximum absolute atomic E-state index is 6.04. The van der Waals surface area contributed by atoms with Gasteiger partial charge in [-0.05, 0) is 25.7 Å². The molecule has 0 bridgehead atoms. The minimum atomic E-state index is 0. The number of quaternary nitrogens is 2. The number of halogens is 2. The highest BCUT2D eigenvalue weighted by atomic mass is 35.5. The van der Waals surface area contributed by atoms with Crippen LogP contribution in [0.2, 0.25) is 0 Å². The Morgan fingerprint density at radius 3 is 0.970 bits per heavy atom. The zero-order valence-electron chi connectivity index (χ0n) is 23.6. The highest BCUT2D eigenvalue weighted by Crippen LogP contribution is 2.11. The second kappa shape index (κ2) is 25.5. The van der Waals surface area contributed by atoms with Gasteiger partial charge in [-0.2, -0.15) is 0 Å². The first-order valence-corrected chi connectivity index (χ1v) is 14.0. The van der Waals surface area contributed by atoms with Gasteiger partial charge in [0.05, 0.1) is 54.5 Å². The lowest BCUT2D eigenvalue weighted by atomic mass is 10.1. The Morgan fingerprint density at radius 1 is 0.394 bits per heavy atom. The molecule has 0 saturated heterocycles. The molecule has 0 aliphatic carbocycles. The van der Waals surface area contributed by atoms with Crippen LogP contribution in [0.3, 0.4) is 0 Å². The summed E-state index contributed by atoms with van der Waals surface area (Å²) in [6, 6.07) is 0. The van der Waals surface area contributed by atoms with E-state index in [1.807, 2.05) is 0 Å². The largest absolute Gasteiger partial charge is 1.00 e. The van der Waals surface area contributed by atoms with Gasteiger partial charge < -0.3 is 38.5 Å². The molecule has 204 valence electrons. The van der Waals surface area contributed by atoms with Gasteiger partial charge in [-0.15, -0.1) is 0 Å². The maximum Gasteiger partial charge on any atom is 0.102 e. The van der Waals surface area contributed by atoms with Gasteiger partial charge in [0.2, 0.25) is 0 Å². The van der Waals surface area contributed by atoms with E-state index in [0.717, 1.165) is 35.3 Å². The van der Waals surface area contributed by atoms with Crippen LogP contribution in [-0.2, 0) is 4.74 Å². The molecule has 0 aromatic carbocycles. The molecule has 3 nitrogen and oxygen atoms in total. The third-order valence-corrected chi connectivity index (χ3v) is 6.92. The number of likely N-dealkylation sites (N-methyl/N-ethyl adjacent to an activating group) is 2. The highest BCUT2D eigenvalue weighted by Gasteiger charge is 2.16. The molecule has 0 amide bonds. The average molecular weight is 514 g/mol. The van der Waals surface area contributed by atoms with E-state index in [-0.39, 0.29) is 24.8 Å². The Kier molecular flexibility index (Phi) is 29.4. The smallest absolute Gasteiger partial charge is 0.102 e. The molecule has 0 spiro atoms. The van der Waals surface area contributed by atoms with Crippen LogP contribution in [0.15, 0.2) is 0 Å². The van der Waals surface area contributed by atoms with Gasteiger partial charge >= 0.3 is 0 Å². The van der Waals surface area contributed by atoms with Crippen molar-refractivity contribution in [2.75, 3.05) is 67.6 Å². The van der Waals surface area contributed by atoms with E-state index in [1.165, 1.54) is 116 Å². The van der Waals surface area contributed by atoms with E-state index < -0.39 is 0 Å². The Hall–Kier alpha value is 0.460. The van der Waals surface area contributed by atoms with Crippen LogP contribution >= 0.6 is 0 Å². The molecular weight excluding hydrogens is 451 g/mol. The molecular formula is C28H62Cl2N2O. The molecule has 0 fully saturated rings.